The Hall–Kier alpha value is -2.68. The third-order valence-electron chi connectivity index (χ3n) is 1.89. The van der Waals surface area contributed by atoms with Crippen LogP contribution in [0.3, 0.4) is 0 Å². The molecule has 6 nitrogen and oxygen atoms in total. The second-order valence-electron chi connectivity index (χ2n) is 2.98. The number of hydrogen-bond donors (Lipinski definition) is 1. The Morgan fingerprint density at radius 1 is 1.50 bits per heavy atom. The van der Waals surface area contributed by atoms with Crippen LogP contribution in [-0.2, 0) is 0 Å². The lowest BCUT2D eigenvalue weighted by Crippen LogP contribution is -2.12. The van der Waals surface area contributed by atoms with E-state index in [4.69, 9.17) is 15.5 Å². The smallest absolute Gasteiger partial charge is 0.290 e. The van der Waals surface area contributed by atoms with Gasteiger partial charge in [-0.3, -0.25) is 4.79 Å². The zero-order valence-electron chi connectivity index (χ0n) is 8.04. The quantitative estimate of drug-likeness (QED) is 0.792. The molecule has 1 amide bonds. The van der Waals surface area contributed by atoms with E-state index >= 15 is 0 Å². The summed E-state index contributed by atoms with van der Waals surface area (Å²) in [5.74, 6) is -0.783. The Balaban J connectivity index is 2.43. The number of rotatable bonds is 2. The molecule has 0 aliphatic rings. The molecule has 0 fully saturated rings. The predicted octanol–water partition coefficient (Wildman–Crippen LogP) is 0.707. The molecule has 0 saturated heterocycles. The molecule has 0 atom stereocenters. The number of nitrogens with two attached hydrogens (primary N) is 1. The highest BCUT2D eigenvalue weighted by Crippen LogP contribution is 2.17. The maximum atomic E-state index is 10.8. The number of carbonyl (C=O) groups excluding carboxylic acids is 1. The first kappa shape index (κ1) is 9.86. The normalized spacial score (nSPS) is 9.69. The van der Waals surface area contributed by atoms with Gasteiger partial charge in [0.15, 0.2) is 0 Å². The zero-order chi connectivity index (χ0) is 11.5. The van der Waals surface area contributed by atoms with Crippen molar-refractivity contribution in [2.24, 2.45) is 5.73 Å². The van der Waals surface area contributed by atoms with Crippen molar-refractivity contribution in [2.75, 3.05) is 0 Å². The van der Waals surface area contributed by atoms with Gasteiger partial charge in [0.05, 0.1) is 11.6 Å². The zero-order valence-corrected chi connectivity index (χ0v) is 8.04. The van der Waals surface area contributed by atoms with Crippen molar-refractivity contribution in [3.8, 4) is 17.5 Å². The lowest BCUT2D eigenvalue weighted by Gasteiger charge is -1.93. The van der Waals surface area contributed by atoms with Gasteiger partial charge in [-0.15, -0.1) is 0 Å². The molecule has 1 aromatic heterocycles. The molecule has 0 radical (unpaired) electrons. The number of nitriles is 1. The first-order chi connectivity index (χ1) is 7.70. The van der Waals surface area contributed by atoms with Gasteiger partial charge in [0.25, 0.3) is 17.6 Å². The molecule has 2 rings (SSSR count). The highest BCUT2D eigenvalue weighted by molar-refractivity contribution is 5.89. The van der Waals surface area contributed by atoms with Crippen LogP contribution in [0.4, 0.5) is 0 Å². The van der Waals surface area contributed by atoms with Gasteiger partial charge >= 0.3 is 0 Å². The van der Waals surface area contributed by atoms with E-state index < -0.39 is 5.91 Å². The van der Waals surface area contributed by atoms with Gasteiger partial charge in [0, 0.05) is 5.56 Å². The fourth-order valence-corrected chi connectivity index (χ4v) is 1.16. The first-order valence-corrected chi connectivity index (χ1v) is 4.35. The number of hydrogen-bond acceptors (Lipinski definition) is 5. The summed E-state index contributed by atoms with van der Waals surface area (Å²) < 4.78 is 4.84. The minimum atomic E-state index is -0.758. The van der Waals surface area contributed by atoms with Crippen LogP contribution in [0.5, 0.6) is 0 Å². The largest absolute Gasteiger partial charge is 0.363 e. The minimum Gasteiger partial charge on any atom is -0.363 e. The summed E-state index contributed by atoms with van der Waals surface area (Å²) in [4.78, 5) is 14.5. The molecule has 0 saturated carbocycles. The number of benzene rings is 1. The third-order valence-corrected chi connectivity index (χ3v) is 1.89. The van der Waals surface area contributed by atoms with Gasteiger partial charge in [0.1, 0.15) is 0 Å². The van der Waals surface area contributed by atoms with E-state index in [1.807, 2.05) is 6.07 Å². The lowest BCUT2D eigenvalue weighted by atomic mass is 10.1. The average Bonchev–Trinajstić information content (AvgIpc) is 2.78. The SMILES string of the molecule is N#Cc1cccc(-c2nc(C(N)=O)no2)c1. The van der Waals surface area contributed by atoms with Crippen molar-refractivity contribution in [3.63, 3.8) is 0 Å². The number of amides is 1. The van der Waals surface area contributed by atoms with E-state index in [9.17, 15) is 4.79 Å². The molecular formula is C10H6N4O2. The summed E-state index contributed by atoms with van der Waals surface area (Å²) >= 11 is 0. The topological polar surface area (TPSA) is 106 Å². The highest BCUT2D eigenvalue weighted by atomic mass is 16.5. The second kappa shape index (κ2) is 3.82. The maximum absolute atomic E-state index is 10.8. The molecule has 0 aliphatic heterocycles. The molecule has 0 spiro atoms. The van der Waals surface area contributed by atoms with Gasteiger partial charge in [-0.25, -0.2) is 0 Å². The maximum Gasteiger partial charge on any atom is 0.290 e. The Morgan fingerprint density at radius 2 is 2.31 bits per heavy atom. The van der Waals surface area contributed by atoms with Gasteiger partial charge in [-0.2, -0.15) is 10.2 Å². The molecule has 2 N–H and O–H groups in total. The molecule has 6 heteroatoms. The second-order valence-corrected chi connectivity index (χ2v) is 2.98. The van der Waals surface area contributed by atoms with E-state index in [1.165, 1.54) is 0 Å². The van der Waals surface area contributed by atoms with Gasteiger partial charge in [-0.05, 0) is 18.2 Å². The summed E-state index contributed by atoms with van der Waals surface area (Å²) in [7, 11) is 0. The van der Waals surface area contributed by atoms with Crippen LogP contribution in [-0.4, -0.2) is 16.0 Å². The molecule has 78 valence electrons. The highest BCUT2D eigenvalue weighted by Gasteiger charge is 2.12. The van der Waals surface area contributed by atoms with E-state index in [1.54, 1.807) is 24.3 Å². The van der Waals surface area contributed by atoms with Crippen molar-refractivity contribution >= 4 is 5.91 Å². The molecule has 2 aromatic rings. The van der Waals surface area contributed by atoms with E-state index in [0.717, 1.165) is 0 Å². The molecular weight excluding hydrogens is 208 g/mol. The first-order valence-electron chi connectivity index (χ1n) is 4.35. The summed E-state index contributed by atoms with van der Waals surface area (Å²) in [6.07, 6.45) is 0. The van der Waals surface area contributed by atoms with Crippen molar-refractivity contribution in [1.29, 1.82) is 5.26 Å². The van der Waals surface area contributed by atoms with Crippen molar-refractivity contribution in [1.82, 2.24) is 10.1 Å². The van der Waals surface area contributed by atoms with Crippen molar-refractivity contribution in [2.45, 2.75) is 0 Å². The van der Waals surface area contributed by atoms with Crippen LogP contribution in [0, 0.1) is 11.3 Å². The van der Waals surface area contributed by atoms with Crippen LogP contribution >= 0.6 is 0 Å². The number of nitrogens with zero attached hydrogens (tertiary/aromatic N) is 3. The Kier molecular flexibility index (Phi) is 2.36. The molecule has 0 aliphatic carbocycles. The summed E-state index contributed by atoms with van der Waals surface area (Å²) in [5.41, 5.74) is 6.02. The summed E-state index contributed by atoms with van der Waals surface area (Å²) in [6, 6.07) is 8.59. The number of aromatic nitrogens is 2. The fraction of sp³-hybridized carbons (Fsp3) is 0. The standard InChI is InChI=1S/C10H6N4O2/c11-5-6-2-1-3-7(4-6)10-13-9(8(12)15)14-16-10/h1-4H,(H2,12,15). The lowest BCUT2D eigenvalue weighted by molar-refractivity contribution is 0.0987. The van der Waals surface area contributed by atoms with Gasteiger partial charge in [0.2, 0.25) is 0 Å². The summed E-state index contributed by atoms with van der Waals surface area (Å²) in [5, 5.41) is 12.1. The Bertz CT molecular complexity index is 583. The van der Waals surface area contributed by atoms with Crippen LogP contribution in [0.1, 0.15) is 16.2 Å². The van der Waals surface area contributed by atoms with Gasteiger partial charge in [-0.1, -0.05) is 11.2 Å². The van der Waals surface area contributed by atoms with Gasteiger partial charge < -0.3 is 10.3 Å². The van der Waals surface area contributed by atoms with Crippen LogP contribution < -0.4 is 5.73 Å². The number of primary amides is 1. The van der Waals surface area contributed by atoms with Crippen LogP contribution in [0.2, 0.25) is 0 Å². The molecule has 1 aromatic carbocycles. The minimum absolute atomic E-state index is 0.158. The summed E-state index contributed by atoms with van der Waals surface area (Å²) in [6.45, 7) is 0. The van der Waals surface area contributed by atoms with Crippen LogP contribution in [0.15, 0.2) is 28.8 Å². The van der Waals surface area contributed by atoms with Crippen molar-refractivity contribution in [3.05, 3.63) is 35.7 Å². The molecule has 0 bridgehead atoms. The Labute approximate surface area is 90.3 Å². The third kappa shape index (κ3) is 1.74. The van der Waals surface area contributed by atoms with E-state index in [0.29, 0.717) is 11.1 Å². The van der Waals surface area contributed by atoms with E-state index in [2.05, 4.69) is 10.1 Å². The predicted molar refractivity (Wildman–Crippen MR) is 53.0 cm³/mol. The molecule has 1 heterocycles. The number of carbonyl (C=O) groups is 1. The Morgan fingerprint density at radius 3 is 2.94 bits per heavy atom. The molecule has 16 heavy (non-hydrogen) atoms. The van der Waals surface area contributed by atoms with Crippen LogP contribution in [0.25, 0.3) is 11.5 Å². The van der Waals surface area contributed by atoms with Crippen molar-refractivity contribution < 1.29 is 9.32 Å². The molecule has 0 unspecified atom stereocenters. The monoisotopic (exact) mass is 214 g/mol. The fourth-order valence-electron chi connectivity index (χ4n) is 1.16. The van der Waals surface area contributed by atoms with E-state index in [-0.39, 0.29) is 11.7 Å². The average molecular weight is 214 g/mol.